The van der Waals surface area contributed by atoms with E-state index in [9.17, 15) is 18.5 Å². The monoisotopic (exact) mass is 368 g/mol. The molecule has 1 unspecified atom stereocenters. The number of rotatable bonds is 4. The number of hydrogen-bond acceptors (Lipinski definition) is 4. The molecule has 0 amide bonds. The lowest BCUT2D eigenvalue weighted by molar-refractivity contribution is 0.0918. The molecule has 0 aliphatic carbocycles. The minimum atomic E-state index is -3.91. The highest BCUT2D eigenvalue weighted by atomic mass is 32.2. The van der Waals surface area contributed by atoms with Gasteiger partial charge in [0.05, 0.1) is 16.5 Å². The first-order valence-corrected chi connectivity index (χ1v) is 9.92. The Morgan fingerprint density at radius 1 is 1.15 bits per heavy atom. The van der Waals surface area contributed by atoms with Gasteiger partial charge in [0.2, 0.25) is 10.0 Å². The third kappa shape index (κ3) is 3.16. The highest BCUT2D eigenvalue weighted by Gasteiger charge is 2.40. The molecule has 0 N–H and O–H groups in total. The van der Waals surface area contributed by atoms with Crippen LogP contribution in [-0.4, -0.2) is 31.1 Å². The highest BCUT2D eigenvalue weighted by Crippen LogP contribution is 2.30. The summed E-state index contributed by atoms with van der Waals surface area (Å²) in [7, 11) is -3.91. The van der Waals surface area contributed by atoms with Crippen molar-refractivity contribution in [1.82, 2.24) is 4.31 Å². The number of Topliss-reactive ketones (excluding diaryl/α,β-unsaturated/α-hetero) is 1. The number of carbonyl (C=O) groups excluding carboxylic acids is 1. The van der Waals surface area contributed by atoms with E-state index in [1.54, 1.807) is 18.2 Å². The molecule has 1 aliphatic heterocycles. The minimum absolute atomic E-state index is 0.0395. The molecular weight excluding hydrogens is 348 g/mol. The Hall–Kier alpha value is -2.49. The number of carbonyl (C=O) groups is 1. The fourth-order valence-corrected chi connectivity index (χ4v) is 5.09. The Labute approximate surface area is 153 Å². The third-order valence-corrected chi connectivity index (χ3v) is 6.86. The first kappa shape index (κ1) is 18.3. The molecule has 134 valence electrons. The summed E-state index contributed by atoms with van der Waals surface area (Å²) >= 11 is 0. The zero-order valence-corrected chi connectivity index (χ0v) is 15.6. The van der Waals surface area contributed by atoms with Gasteiger partial charge in [-0.2, -0.15) is 9.57 Å². The molecule has 26 heavy (non-hydrogen) atoms. The van der Waals surface area contributed by atoms with Crippen molar-refractivity contribution in [2.45, 2.75) is 37.6 Å². The van der Waals surface area contributed by atoms with E-state index in [1.807, 2.05) is 32.0 Å². The molecule has 1 atom stereocenters. The third-order valence-electron chi connectivity index (χ3n) is 4.89. The quantitative estimate of drug-likeness (QED) is 0.776. The van der Waals surface area contributed by atoms with Crippen LogP contribution in [0.25, 0.3) is 0 Å². The van der Waals surface area contributed by atoms with Crippen LogP contribution in [0, 0.1) is 25.2 Å². The van der Waals surface area contributed by atoms with Gasteiger partial charge in [-0.15, -0.1) is 0 Å². The smallest absolute Gasteiger partial charge is 0.245 e. The molecule has 0 saturated carbocycles. The molecular formula is C20H20N2O3S. The molecule has 5 nitrogen and oxygen atoms in total. The molecule has 0 bridgehead atoms. The van der Waals surface area contributed by atoms with E-state index >= 15 is 0 Å². The SMILES string of the molecule is Cc1ccc(C(=O)C2CCCN2S(=O)(=O)c2ccccc2C#N)cc1C. The lowest BCUT2D eigenvalue weighted by Crippen LogP contribution is -2.40. The second-order valence-corrected chi connectivity index (χ2v) is 8.40. The Balaban J connectivity index is 1.98. The van der Waals surface area contributed by atoms with E-state index in [0.29, 0.717) is 18.4 Å². The summed E-state index contributed by atoms with van der Waals surface area (Å²) in [5.74, 6) is -0.191. The molecule has 0 aromatic heterocycles. The summed E-state index contributed by atoms with van der Waals surface area (Å²) in [6.07, 6.45) is 1.11. The summed E-state index contributed by atoms with van der Waals surface area (Å²) in [6, 6.07) is 12.7. The van der Waals surface area contributed by atoms with Crippen molar-refractivity contribution in [3.63, 3.8) is 0 Å². The van der Waals surface area contributed by atoms with Gasteiger partial charge in [-0.25, -0.2) is 8.42 Å². The second-order valence-electron chi connectivity index (χ2n) is 6.55. The van der Waals surface area contributed by atoms with Crippen LogP contribution in [-0.2, 0) is 10.0 Å². The number of aryl methyl sites for hydroxylation is 2. The highest BCUT2D eigenvalue weighted by molar-refractivity contribution is 7.89. The van der Waals surface area contributed by atoms with Crippen molar-refractivity contribution in [3.8, 4) is 6.07 Å². The summed E-state index contributed by atoms with van der Waals surface area (Å²) < 4.78 is 27.5. The van der Waals surface area contributed by atoms with Gasteiger partial charge in [-0.3, -0.25) is 4.79 Å². The number of sulfonamides is 1. The van der Waals surface area contributed by atoms with E-state index in [-0.39, 0.29) is 22.8 Å². The number of benzene rings is 2. The fraction of sp³-hybridized carbons (Fsp3) is 0.300. The van der Waals surface area contributed by atoms with Crippen LogP contribution in [0.2, 0.25) is 0 Å². The maximum Gasteiger partial charge on any atom is 0.245 e. The van der Waals surface area contributed by atoms with Crippen molar-refractivity contribution >= 4 is 15.8 Å². The average Bonchev–Trinajstić information content (AvgIpc) is 3.14. The Morgan fingerprint density at radius 2 is 1.88 bits per heavy atom. The van der Waals surface area contributed by atoms with Crippen LogP contribution in [0.5, 0.6) is 0 Å². The first-order valence-electron chi connectivity index (χ1n) is 8.48. The molecule has 6 heteroatoms. The maximum atomic E-state index is 13.1. The molecule has 0 spiro atoms. The van der Waals surface area contributed by atoms with Crippen molar-refractivity contribution in [2.75, 3.05) is 6.54 Å². The predicted octanol–water partition coefficient (Wildman–Crippen LogP) is 3.21. The predicted molar refractivity (Wildman–Crippen MR) is 98.3 cm³/mol. The van der Waals surface area contributed by atoms with Gasteiger partial charge in [0, 0.05) is 12.1 Å². The van der Waals surface area contributed by atoms with Gasteiger partial charge >= 0.3 is 0 Å². The van der Waals surface area contributed by atoms with Crippen molar-refractivity contribution in [2.24, 2.45) is 0 Å². The molecule has 3 rings (SSSR count). The normalized spacial score (nSPS) is 17.8. The number of hydrogen-bond donors (Lipinski definition) is 0. The number of nitriles is 1. The van der Waals surface area contributed by atoms with Crippen LogP contribution in [0.3, 0.4) is 0 Å². The molecule has 1 aliphatic rings. The lowest BCUT2D eigenvalue weighted by atomic mass is 9.99. The molecule has 0 radical (unpaired) electrons. The van der Waals surface area contributed by atoms with Gasteiger partial charge in [0.25, 0.3) is 0 Å². The summed E-state index contributed by atoms with van der Waals surface area (Å²) in [5.41, 5.74) is 2.70. The summed E-state index contributed by atoms with van der Waals surface area (Å²) in [5, 5.41) is 9.23. The van der Waals surface area contributed by atoms with Crippen LogP contribution in [0.4, 0.5) is 0 Å². The Kier molecular flexibility index (Phi) is 4.94. The number of ketones is 1. The van der Waals surface area contributed by atoms with Gasteiger partial charge in [0.1, 0.15) is 6.07 Å². The van der Waals surface area contributed by atoms with E-state index in [4.69, 9.17) is 0 Å². The Bertz CT molecular complexity index is 1010. The molecule has 2 aromatic rings. The van der Waals surface area contributed by atoms with E-state index in [0.717, 1.165) is 11.1 Å². The molecule has 1 saturated heterocycles. The molecule has 1 fully saturated rings. The Morgan fingerprint density at radius 3 is 2.58 bits per heavy atom. The van der Waals surface area contributed by atoms with Crippen molar-refractivity contribution in [3.05, 3.63) is 64.7 Å². The van der Waals surface area contributed by atoms with Crippen LogP contribution >= 0.6 is 0 Å². The summed E-state index contributed by atoms with van der Waals surface area (Å²) in [6.45, 7) is 4.18. The standard InChI is InChI=1S/C20H20N2O3S/c1-14-9-10-16(12-15(14)2)20(23)18-7-5-11-22(18)26(24,25)19-8-4-3-6-17(19)13-21/h3-4,6,8-10,12,18H,5,7,11H2,1-2H3. The molecule has 1 heterocycles. The van der Waals surface area contributed by atoms with Gasteiger partial charge in [0.15, 0.2) is 5.78 Å². The topological polar surface area (TPSA) is 78.2 Å². The fourth-order valence-electron chi connectivity index (χ4n) is 3.29. The van der Waals surface area contributed by atoms with Gasteiger partial charge in [-0.1, -0.05) is 24.3 Å². The zero-order valence-electron chi connectivity index (χ0n) is 14.8. The van der Waals surface area contributed by atoms with E-state index < -0.39 is 16.1 Å². The van der Waals surface area contributed by atoms with Crippen molar-refractivity contribution < 1.29 is 13.2 Å². The summed E-state index contributed by atoms with van der Waals surface area (Å²) in [4.78, 5) is 12.9. The van der Waals surface area contributed by atoms with Crippen LogP contribution in [0.1, 0.15) is 39.9 Å². The largest absolute Gasteiger partial charge is 0.292 e. The number of nitrogens with zero attached hydrogens (tertiary/aromatic N) is 2. The first-order chi connectivity index (χ1) is 12.4. The van der Waals surface area contributed by atoms with E-state index in [1.165, 1.54) is 16.4 Å². The average molecular weight is 368 g/mol. The minimum Gasteiger partial charge on any atom is -0.292 e. The lowest BCUT2D eigenvalue weighted by Gasteiger charge is -2.23. The zero-order chi connectivity index (χ0) is 18.9. The van der Waals surface area contributed by atoms with Crippen LogP contribution < -0.4 is 0 Å². The molecule has 2 aromatic carbocycles. The van der Waals surface area contributed by atoms with Crippen molar-refractivity contribution in [1.29, 1.82) is 5.26 Å². The van der Waals surface area contributed by atoms with Crippen LogP contribution in [0.15, 0.2) is 47.4 Å². The maximum absolute atomic E-state index is 13.1. The second kappa shape index (κ2) is 7.02. The van der Waals surface area contributed by atoms with Gasteiger partial charge < -0.3 is 0 Å². The van der Waals surface area contributed by atoms with E-state index in [2.05, 4.69) is 0 Å². The van der Waals surface area contributed by atoms with Gasteiger partial charge in [-0.05, 0) is 56.0 Å².